The first kappa shape index (κ1) is 13.5. The molecule has 0 atom stereocenters. The summed E-state index contributed by atoms with van der Waals surface area (Å²) in [5.41, 5.74) is 0.915. The van der Waals surface area contributed by atoms with Crippen LogP contribution in [0.3, 0.4) is 0 Å². The number of hydrogen-bond acceptors (Lipinski definition) is 4. The van der Waals surface area contributed by atoms with Gasteiger partial charge in [-0.3, -0.25) is 0 Å². The molecule has 2 aromatic heterocycles. The van der Waals surface area contributed by atoms with E-state index in [4.69, 9.17) is 14.0 Å². The molecule has 0 unspecified atom stereocenters. The number of imidazole rings is 1. The molecule has 6 heteroatoms. The minimum absolute atomic E-state index is 0.360. The molecule has 0 bridgehead atoms. The highest BCUT2D eigenvalue weighted by Gasteiger charge is 2.52. The van der Waals surface area contributed by atoms with E-state index in [1.54, 1.807) is 13.3 Å². The van der Waals surface area contributed by atoms with Gasteiger partial charge in [-0.2, -0.15) is 0 Å². The van der Waals surface area contributed by atoms with E-state index < -0.39 is 7.12 Å². The second kappa shape index (κ2) is 4.23. The van der Waals surface area contributed by atoms with Crippen LogP contribution in [-0.4, -0.2) is 34.8 Å². The Balaban J connectivity index is 2.05. The normalized spacial score (nSPS) is 20.6. The monoisotopic (exact) mass is 274 g/mol. The molecule has 3 heterocycles. The van der Waals surface area contributed by atoms with Crippen LogP contribution in [0.4, 0.5) is 0 Å². The zero-order chi connectivity index (χ0) is 14.5. The Labute approximate surface area is 119 Å². The topological polar surface area (TPSA) is 45.0 Å². The van der Waals surface area contributed by atoms with E-state index in [9.17, 15) is 0 Å². The summed E-state index contributed by atoms with van der Waals surface area (Å²) in [6.45, 7) is 8.15. The van der Waals surface area contributed by atoms with Gasteiger partial charge in [0.2, 0.25) is 0 Å². The van der Waals surface area contributed by atoms with E-state index in [0.29, 0.717) is 0 Å². The zero-order valence-electron chi connectivity index (χ0n) is 12.5. The average molecular weight is 274 g/mol. The van der Waals surface area contributed by atoms with Gasteiger partial charge in [0, 0.05) is 12.4 Å². The molecule has 0 aliphatic carbocycles. The van der Waals surface area contributed by atoms with Crippen molar-refractivity contribution < 1.29 is 14.0 Å². The molecule has 3 rings (SSSR count). The van der Waals surface area contributed by atoms with Gasteiger partial charge in [0.05, 0.1) is 23.9 Å². The van der Waals surface area contributed by atoms with E-state index in [-0.39, 0.29) is 11.2 Å². The summed E-state index contributed by atoms with van der Waals surface area (Å²) in [6, 6.07) is 3.80. The Morgan fingerprint density at radius 2 is 1.85 bits per heavy atom. The third-order valence-corrected chi connectivity index (χ3v) is 4.24. The van der Waals surface area contributed by atoms with E-state index in [2.05, 4.69) is 4.98 Å². The van der Waals surface area contributed by atoms with Crippen LogP contribution in [0, 0.1) is 0 Å². The van der Waals surface area contributed by atoms with Gasteiger partial charge < -0.3 is 18.4 Å². The largest absolute Gasteiger partial charge is 0.514 e. The van der Waals surface area contributed by atoms with Crippen LogP contribution >= 0.6 is 0 Å². The lowest BCUT2D eigenvalue weighted by Crippen LogP contribution is -2.41. The van der Waals surface area contributed by atoms with Gasteiger partial charge >= 0.3 is 7.12 Å². The molecule has 2 aromatic rings. The molecule has 1 aliphatic heterocycles. The van der Waals surface area contributed by atoms with E-state index in [0.717, 1.165) is 17.0 Å². The van der Waals surface area contributed by atoms with Gasteiger partial charge in [-0.05, 0) is 39.8 Å². The number of methoxy groups -OCH3 is 1. The Morgan fingerprint density at radius 1 is 1.20 bits per heavy atom. The van der Waals surface area contributed by atoms with Crippen molar-refractivity contribution >= 4 is 18.4 Å². The molecule has 20 heavy (non-hydrogen) atoms. The van der Waals surface area contributed by atoms with E-state index in [1.165, 1.54) is 0 Å². The lowest BCUT2D eigenvalue weighted by Gasteiger charge is -2.32. The minimum Gasteiger partial charge on any atom is -0.493 e. The molecule has 1 saturated heterocycles. The SMILES string of the molecule is COc1cccn2c(B3OC(C)(C)C(C)(C)O3)cnc12. The second-order valence-corrected chi connectivity index (χ2v) is 6.04. The van der Waals surface area contributed by atoms with Crippen LogP contribution in [0.25, 0.3) is 5.65 Å². The zero-order valence-corrected chi connectivity index (χ0v) is 12.5. The predicted molar refractivity (Wildman–Crippen MR) is 77.5 cm³/mol. The van der Waals surface area contributed by atoms with Gasteiger partial charge in [0.1, 0.15) is 0 Å². The molecule has 0 saturated carbocycles. The van der Waals surface area contributed by atoms with Gasteiger partial charge in [0.15, 0.2) is 11.4 Å². The summed E-state index contributed by atoms with van der Waals surface area (Å²) in [4.78, 5) is 4.41. The summed E-state index contributed by atoms with van der Waals surface area (Å²) in [7, 11) is 1.21. The number of hydrogen-bond donors (Lipinski definition) is 0. The second-order valence-electron chi connectivity index (χ2n) is 6.04. The Hall–Kier alpha value is -1.53. The molecule has 0 spiro atoms. The number of aromatic nitrogens is 2. The maximum Gasteiger partial charge on any atom is 0.514 e. The molecule has 106 valence electrons. The maximum absolute atomic E-state index is 6.07. The number of fused-ring (bicyclic) bond motifs is 1. The molecular formula is C14H19BN2O3. The Kier molecular flexibility index (Phi) is 2.85. The number of nitrogens with zero attached hydrogens (tertiary/aromatic N) is 2. The highest BCUT2D eigenvalue weighted by molar-refractivity contribution is 6.61. The van der Waals surface area contributed by atoms with Crippen molar-refractivity contribution in [2.45, 2.75) is 38.9 Å². The van der Waals surface area contributed by atoms with Crippen molar-refractivity contribution in [2.75, 3.05) is 7.11 Å². The summed E-state index contributed by atoms with van der Waals surface area (Å²) in [5, 5.41) is 0. The molecule has 1 fully saturated rings. The first-order chi connectivity index (χ1) is 9.36. The molecule has 1 aliphatic rings. The van der Waals surface area contributed by atoms with Gasteiger partial charge in [-0.25, -0.2) is 4.98 Å². The van der Waals surface area contributed by atoms with Crippen LogP contribution in [0.1, 0.15) is 27.7 Å². The lowest BCUT2D eigenvalue weighted by molar-refractivity contribution is 0.00578. The van der Waals surface area contributed by atoms with Crippen molar-refractivity contribution in [3.05, 3.63) is 24.5 Å². The van der Waals surface area contributed by atoms with Crippen molar-refractivity contribution in [1.82, 2.24) is 9.38 Å². The number of rotatable bonds is 2. The van der Waals surface area contributed by atoms with Gasteiger partial charge in [0.25, 0.3) is 0 Å². The van der Waals surface area contributed by atoms with Crippen LogP contribution in [-0.2, 0) is 9.31 Å². The Morgan fingerprint density at radius 3 is 2.45 bits per heavy atom. The van der Waals surface area contributed by atoms with Gasteiger partial charge in [-0.1, -0.05) is 0 Å². The number of pyridine rings is 1. The smallest absolute Gasteiger partial charge is 0.493 e. The summed E-state index contributed by atoms with van der Waals surface area (Å²) in [6.07, 6.45) is 3.71. The standard InChI is InChI=1S/C14H19BN2O3/c1-13(2)14(3,4)20-15(19-13)11-9-16-12-10(18-5)7-6-8-17(11)12/h6-9H,1-5H3. The summed E-state index contributed by atoms with van der Waals surface area (Å²) in [5.74, 6) is 0.732. The van der Waals surface area contributed by atoms with Crippen LogP contribution < -0.4 is 10.3 Å². The molecule has 0 N–H and O–H groups in total. The molecule has 0 radical (unpaired) electrons. The van der Waals surface area contributed by atoms with Gasteiger partial charge in [-0.15, -0.1) is 0 Å². The first-order valence-corrected chi connectivity index (χ1v) is 6.71. The third-order valence-electron chi connectivity index (χ3n) is 4.24. The Bertz CT molecular complexity index is 635. The molecule has 5 nitrogen and oxygen atoms in total. The minimum atomic E-state index is -0.429. The van der Waals surface area contributed by atoms with Crippen molar-refractivity contribution in [3.63, 3.8) is 0 Å². The third kappa shape index (κ3) is 1.83. The lowest BCUT2D eigenvalue weighted by atomic mass is 9.85. The fourth-order valence-corrected chi connectivity index (χ4v) is 2.30. The van der Waals surface area contributed by atoms with E-state index in [1.807, 2.05) is 50.4 Å². The summed E-state index contributed by atoms with van der Waals surface area (Å²) < 4.78 is 19.4. The fourth-order valence-electron chi connectivity index (χ4n) is 2.30. The first-order valence-electron chi connectivity index (χ1n) is 6.71. The maximum atomic E-state index is 6.07. The number of ether oxygens (including phenoxy) is 1. The van der Waals surface area contributed by atoms with Crippen LogP contribution in [0.15, 0.2) is 24.5 Å². The highest BCUT2D eigenvalue weighted by atomic mass is 16.7. The highest BCUT2D eigenvalue weighted by Crippen LogP contribution is 2.36. The summed E-state index contributed by atoms with van der Waals surface area (Å²) >= 11 is 0. The molecule has 0 amide bonds. The predicted octanol–water partition coefficient (Wildman–Crippen LogP) is 1.64. The van der Waals surface area contributed by atoms with Crippen LogP contribution in [0.2, 0.25) is 0 Å². The van der Waals surface area contributed by atoms with Crippen molar-refractivity contribution in [2.24, 2.45) is 0 Å². The van der Waals surface area contributed by atoms with Crippen molar-refractivity contribution in [1.29, 1.82) is 0 Å². The molecular weight excluding hydrogens is 255 g/mol. The fraction of sp³-hybridized carbons (Fsp3) is 0.500. The van der Waals surface area contributed by atoms with Crippen LogP contribution in [0.5, 0.6) is 5.75 Å². The van der Waals surface area contributed by atoms with Crippen molar-refractivity contribution in [3.8, 4) is 5.75 Å². The average Bonchev–Trinajstić information content (AvgIpc) is 2.88. The molecule has 0 aromatic carbocycles. The quantitative estimate of drug-likeness (QED) is 0.781. The van der Waals surface area contributed by atoms with E-state index >= 15 is 0 Å².